The van der Waals surface area contributed by atoms with E-state index < -0.39 is 11.1 Å². The number of benzene rings is 1. The van der Waals surface area contributed by atoms with Crippen LogP contribution in [0.25, 0.3) is 0 Å². The van der Waals surface area contributed by atoms with E-state index in [0.717, 1.165) is 11.3 Å². The molecule has 3 rings (SSSR count). The summed E-state index contributed by atoms with van der Waals surface area (Å²) in [6.45, 7) is 2.39. The van der Waals surface area contributed by atoms with Crippen LogP contribution in [0.2, 0.25) is 10.0 Å². The quantitative estimate of drug-likeness (QED) is 0.567. The Labute approximate surface area is 159 Å². The van der Waals surface area contributed by atoms with Crippen LogP contribution in [0.5, 0.6) is 5.75 Å². The lowest BCUT2D eigenvalue weighted by molar-refractivity contribution is -0.486. The summed E-state index contributed by atoms with van der Waals surface area (Å²) in [7, 11) is 0. The van der Waals surface area contributed by atoms with E-state index in [9.17, 15) is 14.9 Å². The van der Waals surface area contributed by atoms with Crippen molar-refractivity contribution in [1.82, 2.24) is 9.80 Å². The van der Waals surface area contributed by atoms with Crippen LogP contribution in [-0.2, 0) is 4.74 Å². The summed E-state index contributed by atoms with van der Waals surface area (Å²) < 4.78 is 10.6. The highest BCUT2D eigenvalue weighted by atomic mass is 35.5. The Kier molecular flexibility index (Phi) is 5.80. The van der Waals surface area contributed by atoms with Crippen molar-refractivity contribution in [2.24, 2.45) is 11.0 Å². The maximum atomic E-state index is 12.5. The molecule has 2 fully saturated rings. The molecule has 0 bridgehead atoms. The summed E-state index contributed by atoms with van der Waals surface area (Å²) in [6.07, 6.45) is 0.0350. The number of para-hydroxylation sites is 1. The van der Waals surface area contributed by atoms with Crippen LogP contribution in [0.15, 0.2) is 23.3 Å². The first-order valence-corrected chi connectivity index (χ1v) is 8.70. The first kappa shape index (κ1) is 18.7. The third-order valence-corrected chi connectivity index (χ3v) is 4.72. The van der Waals surface area contributed by atoms with Gasteiger partial charge in [0.05, 0.1) is 23.2 Å². The second-order valence-electron chi connectivity index (χ2n) is 5.88. The number of hydrogen-bond acceptors (Lipinski definition) is 5. The average molecular weight is 403 g/mol. The lowest BCUT2D eigenvalue weighted by atomic mass is 10.1. The van der Waals surface area contributed by atoms with E-state index in [0.29, 0.717) is 26.3 Å². The molecule has 0 aromatic heterocycles. The van der Waals surface area contributed by atoms with Gasteiger partial charge in [-0.3, -0.25) is 0 Å². The van der Waals surface area contributed by atoms with Gasteiger partial charge in [-0.25, -0.2) is 19.8 Å². The molecule has 0 radical (unpaired) electrons. The van der Waals surface area contributed by atoms with Gasteiger partial charge in [0.15, 0.2) is 10.8 Å². The molecule has 140 valence electrons. The molecule has 26 heavy (non-hydrogen) atoms. The molecule has 2 saturated heterocycles. The van der Waals surface area contributed by atoms with E-state index in [2.05, 4.69) is 5.10 Å². The number of ether oxygens (including phenoxy) is 2. The first-order valence-electron chi connectivity index (χ1n) is 7.94. The van der Waals surface area contributed by atoms with Crippen LogP contribution >= 0.6 is 23.2 Å². The maximum absolute atomic E-state index is 12.5. The standard InChI is InChI=1S/C15H16Cl2N4O5/c16-11-2-1-3-12(17)13(11)26-15(22)20-6-5-19(14(20)18-21(23)24)8-10-4-7-25-9-10/h1-3,10H,4-9H2. The van der Waals surface area contributed by atoms with Crippen LogP contribution in [-0.4, -0.2) is 59.7 Å². The minimum absolute atomic E-state index is 0.00364. The van der Waals surface area contributed by atoms with E-state index in [4.69, 9.17) is 32.7 Å². The van der Waals surface area contributed by atoms with Crippen molar-refractivity contribution in [2.45, 2.75) is 6.42 Å². The van der Waals surface area contributed by atoms with Gasteiger partial charge in [-0.1, -0.05) is 29.3 Å². The molecule has 1 amide bonds. The average Bonchev–Trinajstić information content (AvgIpc) is 3.22. The van der Waals surface area contributed by atoms with E-state index >= 15 is 0 Å². The summed E-state index contributed by atoms with van der Waals surface area (Å²) in [6, 6.07) is 4.67. The van der Waals surface area contributed by atoms with Crippen LogP contribution in [0.4, 0.5) is 4.79 Å². The van der Waals surface area contributed by atoms with Gasteiger partial charge in [0.25, 0.3) is 5.96 Å². The van der Waals surface area contributed by atoms with Gasteiger partial charge in [0.2, 0.25) is 0 Å². The maximum Gasteiger partial charge on any atom is 0.422 e. The fourth-order valence-electron chi connectivity index (χ4n) is 2.89. The number of hydrogen-bond donors (Lipinski definition) is 0. The highest BCUT2D eigenvalue weighted by molar-refractivity contribution is 6.37. The molecule has 2 aliphatic rings. The Balaban J connectivity index is 1.76. The fourth-order valence-corrected chi connectivity index (χ4v) is 3.36. The topological polar surface area (TPSA) is 97.5 Å². The SMILES string of the molecule is O=C(Oc1c(Cl)cccc1Cl)N1CCN(CC2CCOC2)C1=N[N+](=O)[O-]. The van der Waals surface area contributed by atoms with Gasteiger partial charge < -0.3 is 14.4 Å². The third-order valence-electron chi connectivity index (χ3n) is 4.12. The number of hydrazone groups is 1. The number of amides is 1. The highest BCUT2D eigenvalue weighted by Crippen LogP contribution is 2.33. The van der Waals surface area contributed by atoms with Crippen molar-refractivity contribution >= 4 is 35.3 Å². The fraction of sp³-hybridized carbons (Fsp3) is 0.467. The summed E-state index contributed by atoms with van der Waals surface area (Å²) in [5.74, 6) is 0.181. The molecule has 9 nitrogen and oxygen atoms in total. The third kappa shape index (κ3) is 4.17. The summed E-state index contributed by atoms with van der Waals surface area (Å²) >= 11 is 12.0. The number of rotatable bonds is 4. The second-order valence-corrected chi connectivity index (χ2v) is 6.70. The van der Waals surface area contributed by atoms with E-state index in [-0.39, 0.29) is 34.2 Å². The second kappa shape index (κ2) is 8.07. The number of guanidine groups is 1. The number of nitro groups is 1. The van der Waals surface area contributed by atoms with Crippen LogP contribution in [0, 0.1) is 16.0 Å². The molecule has 2 heterocycles. The smallest absolute Gasteiger partial charge is 0.407 e. The molecule has 1 unspecified atom stereocenters. The van der Waals surface area contributed by atoms with Crippen molar-refractivity contribution in [2.75, 3.05) is 32.8 Å². The molecule has 0 N–H and O–H groups in total. The molecule has 0 aliphatic carbocycles. The number of halogens is 2. The van der Waals surface area contributed by atoms with E-state index in [1.165, 1.54) is 12.1 Å². The normalized spacial score (nSPS) is 21.5. The molecular weight excluding hydrogens is 387 g/mol. The van der Waals surface area contributed by atoms with Gasteiger partial charge in [-0.05, 0) is 18.6 Å². The van der Waals surface area contributed by atoms with Gasteiger partial charge in [0.1, 0.15) is 5.10 Å². The first-order chi connectivity index (χ1) is 12.5. The zero-order valence-corrected chi connectivity index (χ0v) is 15.1. The molecule has 1 atom stereocenters. The molecule has 2 aliphatic heterocycles. The van der Waals surface area contributed by atoms with E-state index in [1.54, 1.807) is 11.0 Å². The molecule has 1 aromatic rings. The Morgan fingerprint density at radius 3 is 2.73 bits per heavy atom. The van der Waals surface area contributed by atoms with Crippen LogP contribution in [0.3, 0.4) is 0 Å². The zero-order valence-electron chi connectivity index (χ0n) is 13.6. The predicted molar refractivity (Wildman–Crippen MR) is 94.1 cm³/mol. The molecular formula is C15H16Cl2N4O5. The van der Waals surface area contributed by atoms with Gasteiger partial charge in [-0.15, -0.1) is 0 Å². The minimum atomic E-state index is -0.832. The summed E-state index contributed by atoms with van der Waals surface area (Å²) in [5, 5.41) is 13.8. The molecule has 0 saturated carbocycles. The lowest BCUT2D eigenvalue weighted by Gasteiger charge is -2.21. The van der Waals surface area contributed by atoms with Crippen molar-refractivity contribution in [3.05, 3.63) is 38.4 Å². The number of carbonyl (C=O) groups is 1. The van der Waals surface area contributed by atoms with E-state index in [1.807, 2.05) is 0 Å². The van der Waals surface area contributed by atoms with Crippen molar-refractivity contribution < 1.29 is 19.3 Å². The zero-order chi connectivity index (χ0) is 18.7. The van der Waals surface area contributed by atoms with Crippen LogP contribution < -0.4 is 4.74 Å². The lowest BCUT2D eigenvalue weighted by Crippen LogP contribution is -2.41. The monoisotopic (exact) mass is 402 g/mol. The summed E-state index contributed by atoms with van der Waals surface area (Å²) in [5.41, 5.74) is 0. The van der Waals surface area contributed by atoms with Crippen molar-refractivity contribution in [3.8, 4) is 5.75 Å². The highest BCUT2D eigenvalue weighted by Gasteiger charge is 2.37. The Bertz CT molecular complexity index is 718. The Hall–Kier alpha value is -2.10. The van der Waals surface area contributed by atoms with Gasteiger partial charge in [-0.2, -0.15) is 0 Å². The Morgan fingerprint density at radius 2 is 2.12 bits per heavy atom. The Morgan fingerprint density at radius 1 is 1.38 bits per heavy atom. The molecule has 0 spiro atoms. The predicted octanol–water partition coefficient (Wildman–Crippen LogP) is 2.69. The summed E-state index contributed by atoms with van der Waals surface area (Å²) in [4.78, 5) is 26.2. The van der Waals surface area contributed by atoms with Gasteiger partial charge >= 0.3 is 6.09 Å². The minimum Gasteiger partial charge on any atom is -0.407 e. The number of carbonyl (C=O) groups excluding carboxylic acids is 1. The number of nitrogens with zero attached hydrogens (tertiary/aromatic N) is 4. The molecule has 1 aromatic carbocycles. The van der Waals surface area contributed by atoms with Gasteiger partial charge in [0, 0.05) is 25.6 Å². The van der Waals surface area contributed by atoms with Crippen LogP contribution in [0.1, 0.15) is 6.42 Å². The largest absolute Gasteiger partial charge is 0.422 e. The van der Waals surface area contributed by atoms with Crippen molar-refractivity contribution in [3.63, 3.8) is 0 Å². The van der Waals surface area contributed by atoms with Crippen molar-refractivity contribution in [1.29, 1.82) is 0 Å². The molecule has 11 heteroatoms.